The standard InChI is InChI=1S/C18H25N3O4/c1-18(2,3)25-17(24)21-10-12(11-21)9-20-16(23)14-7-5-13(6-8-14)15(22)19-4/h5-8,12H,9-11H2,1-4H3,(H,19,22)(H,20,23). The molecule has 0 unspecified atom stereocenters. The number of nitrogens with zero attached hydrogens (tertiary/aromatic N) is 1. The van der Waals surface area contributed by atoms with E-state index in [-0.39, 0.29) is 23.8 Å². The van der Waals surface area contributed by atoms with Crippen LogP contribution in [0.5, 0.6) is 0 Å². The van der Waals surface area contributed by atoms with Gasteiger partial charge in [0.15, 0.2) is 0 Å². The number of hydrogen-bond acceptors (Lipinski definition) is 4. The van der Waals surface area contributed by atoms with E-state index < -0.39 is 5.60 Å². The van der Waals surface area contributed by atoms with Gasteiger partial charge >= 0.3 is 6.09 Å². The average Bonchev–Trinajstić information content (AvgIpc) is 2.50. The number of amides is 3. The summed E-state index contributed by atoms with van der Waals surface area (Å²) in [6.45, 7) is 7.14. The maximum atomic E-state index is 12.1. The van der Waals surface area contributed by atoms with Crippen molar-refractivity contribution in [2.45, 2.75) is 26.4 Å². The molecule has 0 bridgehead atoms. The van der Waals surface area contributed by atoms with E-state index in [1.807, 2.05) is 20.8 Å². The summed E-state index contributed by atoms with van der Waals surface area (Å²) in [7, 11) is 1.56. The van der Waals surface area contributed by atoms with Crippen molar-refractivity contribution in [3.05, 3.63) is 35.4 Å². The van der Waals surface area contributed by atoms with E-state index in [9.17, 15) is 14.4 Å². The first-order valence-electron chi connectivity index (χ1n) is 8.28. The molecular weight excluding hydrogens is 322 g/mol. The smallest absolute Gasteiger partial charge is 0.410 e. The highest BCUT2D eigenvalue weighted by molar-refractivity contribution is 5.97. The van der Waals surface area contributed by atoms with Crippen molar-refractivity contribution in [3.8, 4) is 0 Å². The molecule has 0 spiro atoms. The molecule has 1 heterocycles. The number of likely N-dealkylation sites (tertiary alicyclic amines) is 1. The summed E-state index contributed by atoms with van der Waals surface area (Å²) in [5.74, 6) is -0.163. The first-order chi connectivity index (χ1) is 11.7. The maximum Gasteiger partial charge on any atom is 0.410 e. The Morgan fingerprint density at radius 3 is 2.08 bits per heavy atom. The highest BCUT2D eigenvalue weighted by atomic mass is 16.6. The van der Waals surface area contributed by atoms with Gasteiger partial charge in [0, 0.05) is 43.7 Å². The van der Waals surface area contributed by atoms with Crippen molar-refractivity contribution >= 4 is 17.9 Å². The minimum Gasteiger partial charge on any atom is -0.444 e. The topological polar surface area (TPSA) is 87.7 Å². The Hall–Kier alpha value is -2.57. The third-order valence-corrected chi connectivity index (χ3v) is 3.80. The number of carbonyl (C=O) groups is 3. The van der Waals surface area contributed by atoms with Gasteiger partial charge < -0.3 is 20.3 Å². The fraction of sp³-hybridized carbons (Fsp3) is 0.500. The second-order valence-electron chi connectivity index (χ2n) is 7.12. The van der Waals surface area contributed by atoms with E-state index in [0.717, 1.165) is 0 Å². The Balaban J connectivity index is 1.75. The Morgan fingerprint density at radius 2 is 1.60 bits per heavy atom. The van der Waals surface area contributed by atoms with Gasteiger partial charge in [-0.1, -0.05) is 0 Å². The molecule has 7 nitrogen and oxygen atoms in total. The van der Waals surface area contributed by atoms with Gasteiger partial charge in [-0.3, -0.25) is 9.59 Å². The van der Waals surface area contributed by atoms with E-state index in [1.165, 1.54) is 0 Å². The third kappa shape index (κ3) is 5.20. The van der Waals surface area contributed by atoms with Crippen LogP contribution in [-0.2, 0) is 4.74 Å². The molecule has 1 aliphatic heterocycles. The Kier molecular flexibility index (Phi) is 5.66. The van der Waals surface area contributed by atoms with Gasteiger partial charge in [-0.25, -0.2) is 4.79 Å². The van der Waals surface area contributed by atoms with E-state index >= 15 is 0 Å². The van der Waals surface area contributed by atoms with Crippen LogP contribution in [-0.4, -0.2) is 55.1 Å². The lowest BCUT2D eigenvalue weighted by atomic mass is 10.0. The molecule has 0 aromatic heterocycles. The van der Waals surface area contributed by atoms with Crippen LogP contribution in [0.4, 0.5) is 4.79 Å². The third-order valence-electron chi connectivity index (χ3n) is 3.80. The maximum absolute atomic E-state index is 12.1. The van der Waals surface area contributed by atoms with Crippen molar-refractivity contribution in [1.29, 1.82) is 0 Å². The molecule has 1 saturated heterocycles. The van der Waals surface area contributed by atoms with E-state index in [0.29, 0.717) is 30.8 Å². The largest absolute Gasteiger partial charge is 0.444 e. The quantitative estimate of drug-likeness (QED) is 0.867. The fourth-order valence-electron chi connectivity index (χ4n) is 2.43. The minimum absolute atomic E-state index is 0.191. The number of nitrogens with one attached hydrogen (secondary N) is 2. The molecule has 0 radical (unpaired) electrons. The number of hydrogen-bond donors (Lipinski definition) is 2. The Labute approximate surface area is 147 Å². The highest BCUT2D eigenvalue weighted by Crippen LogP contribution is 2.19. The van der Waals surface area contributed by atoms with Crippen LogP contribution in [0.15, 0.2) is 24.3 Å². The van der Waals surface area contributed by atoms with Crippen LogP contribution in [0.2, 0.25) is 0 Å². The second-order valence-corrected chi connectivity index (χ2v) is 7.12. The molecule has 3 amide bonds. The van der Waals surface area contributed by atoms with Crippen LogP contribution in [0.3, 0.4) is 0 Å². The Morgan fingerprint density at radius 1 is 1.08 bits per heavy atom. The van der Waals surface area contributed by atoms with Gasteiger partial charge in [0.05, 0.1) is 0 Å². The molecule has 1 aromatic carbocycles. The van der Waals surface area contributed by atoms with Crippen molar-refractivity contribution in [1.82, 2.24) is 15.5 Å². The number of ether oxygens (including phenoxy) is 1. The lowest BCUT2D eigenvalue weighted by molar-refractivity contribution is -0.000541. The van der Waals surface area contributed by atoms with Gasteiger partial charge in [0.1, 0.15) is 5.60 Å². The first-order valence-corrected chi connectivity index (χ1v) is 8.28. The van der Waals surface area contributed by atoms with Crippen molar-refractivity contribution in [2.75, 3.05) is 26.7 Å². The number of rotatable bonds is 4. The summed E-state index contributed by atoms with van der Waals surface area (Å²) >= 11 is 0. The van der Waals surface area contributed by atoms with E-state index in [2.05, 4.69) is 10.6 Å². The van der Waals surface area contributed by atoms with Crippen LogP contribution in [0, 0.1) is 5.92 Å². The van der Waals surface area contributed by atoms with E-state index in [1.54, 1.807) is 36.2 Å². The van der Waals surface area contributed by atoms with Crippen LogP contribution in [0.1, 0.15) is 41.5 Å². The molecule has 136 valence electrons. The summed E-state index contributed by atoms with van der Waals surface area (Å²) in [6.07, 6.45) is -0.320. The van der Waals surface area contributed by atoms with Crippen LogP contribution >= 0.6 is 0 Å². The van der Waals surface area contributed by atoms with Crippen LogP contribution in [0.25, 0.3) is 0 Å². The van der Waals surface area contributed by atoms with Crippen molar-refractivity contribution in [2.24, 2.45) is 5.92 Å². The molecule has 25 heavy (non-hydrogen) atoms. The predicted octanol–water partition coefficient (Wildman–Crippen LogP) is 1.64. The lowest BCUT2D eigenvalue weighted by Crippen LogP contribution is -2.54. The van der Waals surface area contributed by atoms with Crippen molar-refractivity contribution < 1.29 is 19.1 Å². The molecule has 1 aliphatic rings. The minimum atomic E-state index is -0.503. The van der Waals surface area contributed by atoms with E-state index in [4.69, 9.17) is 4.74 Å². The molecular formula is C18H25N3O4. The summed E-state index contributed by atoms with van der Waals surface area (Å²) in [5.41, 5.74) is 0.499. The van der Waals surface area contributed by atoms with Gasteiger partial charge in [0.2, 0.25) is 0 Å². The second kappa shape index (κ2) is 7.55. The number of benzene rings is 1. The molecule has 1 fully saturated rings. The summed E-state index contributed by atoms with van der Waals surface area (Å²) in [5, 5.41) is 5.38. The molecule has 0 atom stereocenters. The normalized spacial score (nSPS) is 14.5. The first kappa shape index (κ1) is 18.8. The fourth-order valence-corrected chi connectivity index (χ4v) is 2.43. The average molecular weight is 347 g/mol. The zero-order chi connectivity index (χ0) is 18.6. The monoisotopic (exact) mass is 347 g/mol. The van der Waals surface area contributed by atoms with Gasteiger partial charge in [-0.2, -0.15) is 0 Å². The predicted molar refractivity (Wildman–Crippen MR) is 93.5 cm³/mol. The molecule has 0 aliphatic carbocycles. The molecule has 1 aromatic rings. The van der Waals surface area contributed by atoms with Crippen molar-refractivity contribution in [3.63, 3.8) is 0 Å². The zero-order valence-electron chi connectivity index (χ0n) is 15.1. The summed E-state index contributed by atoms with van der Waals surface area (Å²) < 4.78 is 5.29. The molecule has 2 N–H and O–H groups in total. The summed E-state index contributed by atoms with van der Waals surface area (Å²) in [4.78, 5) is 37.1. The molecule has 7 heteroatoms. The van der Waals surface area contributed by atoms with Gasteiger partial charge in [-0.05, 0) is 45.0 Å². The van der Waals surface area contributed by atoms with Gasteiger partial charge in [0.25, 0.3) is 11.8 Å². The SMILES string of the molecule is CNC(=O)c1ccc(C(=O)NCC2CN(C(=O)OC(C)(C)C)C2)cc1. The highest BCUT2D eigenvalue weighted by Gasteiger charge is 2.33. The lowest BCUT2D eigenvalue weighted by Gasteiger charge is -2.39. The zero-order valence-corrected chi connectivity index (χ0v) is 15.1. The van der Waals surface area contributed by atoms with Gasteiger partial charge in [-0.15, -0.1) is 0 Å². The molecule has 0 saturated carbocycles. The molecule has 2 rings (SSSR count). The summed E-state index contributed by atoms with van der Waals surface area (Å²) in [6, 6.07) is 6.46. The Bertz CT molecular complexity index is 643. The van der Waals surface area contributed by atoms with Crippen LogP contribution < -0.4 is 10.6 Å². The number of carbonyl (C=O) groups excluding carboxylic acids is 3.